The van der Waals surface area contributed by atoms with Crippen LogP contribution in [0.1, 0.15) is 33.0 Å². The zero-order chi connectivity index (χ0) is 29.1. The summed E-state index contributed by atoms with van der Waals surface area (Å²) in [5.41, 5.74) is -5.09. The largest absolute Gasteiger partial charge is 0.417 e. The lowest BCUT2D eigenvalue weighted by Gasteiger charge is -2.18. The van der Waals surface area contributed by atoms with Crippen LogP contribution in [0.25, 0.3) is 5.83 Å². The summed E-state index contributed by atoms with van der Waals surface area (Å²) in [5.74, 6) is -10.9. The van der Waals surface area contributed by atoms with E-state index in [1.54, 1.807) is 5.32 Å². The molecule has 0 bridgehead atoms. The van der Waals surface area contributed by atoms with Crippen molar-refractivity contribution >= 4 is 17.6 Å². The van der Waals surface area contributed by atoms with Gasteiger partial charge in [0.05, 0.1) is 17.7 Å². The first kappa shape index (κ1) is 30.5. The Morgan fingerprint density at radius 2 is 1.47 bits per heavy atom. The summed E-state index contributed by atoms with van der Waals surface area (Å²) in [6.07, 6.45) is -15.6. The molecule has 1 atom stereocenters. The lowest BCUT2D eigenvalue weighted by atomic mass is 9.95. The fourth-order valence-corrected chi connectivity index (χ4v) is 2.97. The summed E-state index contributed by atoms with van der Waals surface area (Å²) in [6, 6.07) is 1.83. The lowest BCUT2D eigenvalue weighted by molar-refractivity contribution is -0.140. The molecule has 0 spiro atoms. The molecule has 2 amide bonds. The highest BCUT2D eigenvalue weighted by Crippen LogP contribution is 2.40. The van der Waals surface area contributed by atoms with Crippen LogP contribution < -0.4 is 10.6 Å². The average Bonchev–Trinajstić information content (AvgIpc) is 2.79. The van der Waals surface area contributed by atoms with Crippen molar-refractivity contribution in [2.75, 3.05) is 13.1 Å². The minimum absolute atomic E-state index is 0.0108. The quantitative estimate of drug-likeness (QED) is 0.402. The van der Waals surface area contributed by atoms with Crippen LogP contribution in [-0.2, 0) is 11.0 Å². The van der Waals surface area contributed by atoms with E-state index >= 15 is 0 Å². The molecule has 2 aromatic carbocycles. The smallest absolute Gasteiger partial charge is 0.345 e. The van der Waals surface area contributed by atoms with Gasteiger partial charge in [-0.05, 0) is 35.9 Å². The molecule has 0 aliphatic rings. The molecule has 2 N–H and O–H groups in total. The third kappa shape index (κ3) is 8.41. The maximum atomic E-state index is 14.7. The molecule has 0 heterocycles. The summed E-state index contributed by atoms with van der Waals surface area (Å²) < 4.78 is 158. The maximum absolute atomic E-state index is 14.7. The molecule has 0 radical (unpaired) electrons. The molecule has 0 saturated heterocycles. The van der Waals surface area contributed by atoms with E-state index in [0.717, 1.165) is 0 Å². The Morgan fingerprint density at radius 3 is 2.00 bits per heavy atom. The number of nitrogens with one attached hydrogen (secondary N) is 2. The fraction of sp³-hybridized carbons (Fsp3) is 0.273. The van der Waals surface area contributed by atoms with Gasteiger partial charge in [-0.15, -0.1) is 0 Å². The molecular weight excluding hydrogens is 552 g/mol. The summed E-state index contributed by atoms with van der Waals surface area (Å²) in [4.78, 5) is 23.5. The predicted molar refractivity (Wildman–Crippen MR) is 107 cm³/mol. The van der Waals surface area contributed by atoms with Gasteiger partial charge in [-0.2, -0.15) is 39.5 Å². The third-order valence-electron chi connectivity index (χ3n) is 4.71. The highest BCUT2D eigenvalue weighted by Gasteiger charge is 2.41. The number of hydrogen-bond donors (Lipinski definition) is 2. The minimum atomic E-state index is -5.37. The number of carbonyl (C=O) groups excluding carboxylic acids is 2. The molecule has 0 aliphatic heterocycles. The summed E-state index contributed by atoms with van der Waals surface area (Å²) in [5, 5.41) is 2.99. The minimum Gasteiger partial charge on any atom is -0.345 e. The summed E-state index contributed by atoms with van der Waals surface area (Å²) >= 11 is 0. The van der Waals surface area contributed by atoms with E-state index in [-0.39, 0.29) is 18.2 Å². The standard InChI is InChI=1S/C22H14F12N2O2/c23-15-4-2-10(6-17(15)25)13(21(29,30)31)7-16(24)11-1-3-12(14(5-11)22(32,33)34)19(38)35-8-18(37)36-9-20(26,27)28/h1-7,13H,8-9H2,(H,35,38)(H,36,37)/b16-7-. The number of alkyl halides is 9. The zero-order valence-electron chi connectivity index (χ0n) is 18.4. The van der Waals surface area contributed by atoms with Crippen molar-refractivity contribution in [2.24, 2.45) is 0 Å². The first-order chi connectivity index (χ1) is 17.3. The van der Waals surface area contributed by atoms with Gasteiger partial charge in [0.1, 0.15) is 18.3 Å². The first-order valence-electron chi connectivity index (χ1n) is 10.0. The molecule has 1 unspecified atom stereocenters. The molecule has 0 aliphatic carbocycles. The molecule has 2 aromatic rings. The third-order valence-corrected chi connectivity index (χ3v) is 4.71. The van der Waals surface area contributed by atoms with Crippen molar-refractivity contribution in [2.45, 2.75) is 24.4 Å². The van der Waals surface area contributed by atoms with Gasteiger partial charge >= 0.3 is 18.5 Å². The molecule has 38 heavy (non-hydrogen) atoms. The van der Waals surface area contributed by atoms with Crippen molar-refractivity contribution < 1.29 is 62.3 Å². The number of allylic oxidation sites excluding steroid dienone is 1. The van der Waals surface area contributed by atoms with Crippen molar-refractivity contribution in [1.82, 2.24) is 10.6 Å². The molecule has 0 saturated carbocycles. The average molecular weight is 566 g/mol. The van der Waals surface area contributed by atoms with Crippen LogP contribution in [0.3, 0.4) is 0 Å². The zero-order valence-corrected chi connectivity index (χ0v) is 18.4. The van der Waals surface area contributed by atoms with Gasteiger partial charge in [0.2, 0.25) is 5.91 Å². The van der Waals surface area contributed by atoms with E-state index in [1.807, 2.05) is 0 Å². The van der Waals surface area contributed by atoms with Gasteiger partial charge in [0, 0.05) is 5.56 Å². The van der Waals surface area contributed by atoms with Crippen LogP contribution in [0.2, 0.25) is 0 Å². The van der Waals surface area contributed by atoms with Crippen LogP contribution in [0.5, 0.6) is 0 Å². The van der Waals surface area contributed by atoms with E-state index < -0.39 is 89.1 Å². The van der Waals surface area contributed by atoms with Crippen LogP contribution in [0, 0.1) is 11.6 Å². The Labute approximate surface area is 205 Å². The Kier molecular flexibility index (Phi) is 9.11. The van der Waals surface area contributed by atoms with Crippen molar-refractivity contribution in [1.29, 1.82) is 0 Å². The Morgan fingerprint density at radius 1 is 0.842 bits per heavy atom. The van der Waals surface area contributed by atoms with Gasteiger partial charge in [-0.3, -0.25) is 9.59 Å². The molecule has 0 aromatic heterocycles. The predicted octanol–water partition coefficient (Wildman–Crippen LogP) is 6.05. The van der Waals surface area contributed by atoms with E-state index in [4.69, 9.17) is 0 Å². The second-order valence-electron chi connectivity index (χ2n) is 7.54. The van der Waals surface area contributed by atoms with Gasteiger partial charge in [0.25, 0.3) is 5.91 Å². The number of carbonyl (C=O) groups is 2. The lowest BCUT2D eigenvalue weighted by Crippen LogP contribution is -2.41. The molecular formula is C22H14F12N2O2. The number of amides is 2. The molecule has 0 fully saturated rings. The second kappa shape index (κ2) is 11.3. The normalized spacial score (nSPS) is 13.7. The number of halogens is 12. The van der Waals surface area contributed by atoms with E-state index in [9.17, 15) is 62.3 Å². The highest BCUT2D eigenvalue weighted by atomic mass is 19.4. The SMILES string of the molecule is O=C(CNC(=O)c1ccc(/C(F)=C/C(c2ccc(F)c(F)c2)C(F)(F)F)cc1C(F)(F)F)NCC(F)(F)F. The van der Waals surface area contributed by atoms with Gasteiger partial charge in [0.15, 0.2) is 11.6 Å². The van der Waals surface area contributed by atoms with Crippen molar-refractivity contribution in [3.8, 4) is 0 Å². The Balaban J connectivity index is 2.38. The van der Waals surface area contributed by atoms with E-state index in [1.165, 1.54) is 5.32 Å². The van der Waals surface area contributed by atoms with Gasteiger partial charge in [-0.1, -0.05) is 12.1 Å². The number of hydrogen-bond acceptors (Lipinski definition) is 2. The number of benzene rings is 2. The monoisotopic (exact) mass is 566 g/mol. The maximum Gasteiger partial charge on any atom is 0.417 e. The first-order valence-corrected chi connectivity index (χ1v) is 10.0. The Bertz CT molecular complexity index is 1220. The Hall–Kier alpha value is -3.72. The topological polar surface area (TPSA) is 58.2 Å². The van der Waals surface area contributed by atoms with Crippen LogP contribution >= 0.6 is 0 Å². The van der Waals surface area contributed by atoms with Crippen molar-refractivity contribution in [3.63, 3.8) is 0 Å². The highest BCUT2D eigenvalue weighted by molar-refractivity contribution is 5.98. The summed E-state index contributed by atoms with van der Waals surface area (Å²) in [6.45, 7) is -2.94. The van der Waals surface area contributed by atoms with Crippen LogP contribution in [0.4, 0.5) is 52.7 Å². The molecule has 2 rings (SSSR count). The fourth-order valence-electron chi connectivity index (χ4n) is 2.97. The second-order valence-corrected chi connectivity index (χ2v) is 7.54. The van der Waals surface area contributed by atoms with E-state index in [2.05, 4.69) is 0 Å². The van der Waals surface area contributed by atoms with Crippen LogP contribution in [-0.4, -0.2) is 37.3 Å². The van der Waals surface area contributed by atoms with Crippen molar-refractivity contribution in [3.05, 3.63) is 76.4 Å². The van der Waals surface area contributed by atoms with Gasteiger partial charge < -0.3 is 10.6 Å². The van der Waals surface area contributed by atoms with Crippen LogP contribution in [0.15, 0.2) is 42.5 Å². The molecule has 208 valence electrons. The van der Waals surface area contributed by atoms with Gasteiger partial charge in [-0.25, -0.2) is 13.2 Å². The van der Waals surface area contributed by atoms with E-state index in [0.29, 0.717) is 24.3 Å². The molecule has 16 heteroatoms. The number of rotatable bonds is 7. The molecule has 4 nitrogen and oxygen atoms in total. The summed E-state index contributed by atoms with van der Waals surface area (Å²) in [7, 11) is 0.